The Morgan fingerprint density at radius 2 is 1.85 bits per heavy atom. The Morgan fingerprint density at radius 3 is 2.49 bits per heavy atom. The lowest BCUT2D eigenvalue weighted by Gasteiger charge is -2.49. The second-order valence-corrected chi connectivity index (χ2v) is 11.0. The Kier molecular flexibility index (Phi) is 11.8. The van der Waals surface area contributed by atoms with Crippen molar-refractivity contribution in [2.45, 2.75) is 106 Å². The number of carbonyl (C=O) groups is 2. The van der Waals surface area contributed by atoms with Gasteiger partial charge in [0.1, 0.15) is 35.8 Å². The Morgan fingerprint density at radius 1 is 1.17 bits per heavy atom. The number of likely N-dealkylation sites (N-methyl/N-ethyl adjacent to an activating group) is 2. The molecule has 0 unspecified atom stereocenters. The lowest BCUT2D eigenvalue weighted by Crippen LogP contribution is -2.69. The Bertz CT molecular complexity index is 925. The van der Waals surface area contributed by atoms with Gasteiger partial charge in [0.05, 0.1) is 37.7 Å². The van der Waals surface area contributed by atoms with Crippen LogP contribution < -0.4 is 33.2 Å². The zero-order valence-electron chi connectivity index (χ0n) is 23.6. The van der Waals surface area contributed by atoms with Crippen LogP contribution in [0.15, 0.2) is 11.8 Å². The normalized spacial score (nSPS) is 40.3. The molecule has 1 saturated heterocycles. The van der Waals surface area contributed by atoms with Crippen LogP contribution in [0.1, 0.15) is 33.1 Å². The third-order valence-electron chi connectivity index (χ3n) is 7.61. The van der Waals surface area contributed by atoms with Crippen LogP contribution in [-0.2, 0) is 28.5 Å². The van der Waals surface area contributed by atoms with Crippen molar-refractivity contribution in [3.63, 3.8) is 0 Å². The molecule has 0 radical (unpaired) electrons. The fourth-order valence-corrected chi connectivity index (χ4v) is 5.43. The molecule has 12 atom stereocenters. The number of nitrogens with two attached hydrogens (primary N) is 3. The first-order valence-electron chi connectivity index (χ1n) is 13.8. The summed E-state index contributed by atoms with van der Waals surface area (Å²) < 4.78 is 23.7. The number of hydrogen-bond donors (Lipinski definition) is 10. The molecule has 0 aromatic rings. The van der Waals surface area contributed by atoms with Gasteiger partial charge >= 0.3 is 5.97 Å². The molecule has 2 heterocycles. The number of hydrogen-bond acceptors (Lipinski definition) is 14. The van der Waals surface area contributed by atoms with Crippen LogP contribution in [0.3, 0.4) is 0 Å². The van der Waals surface area contributed by atoms with Crippen molar-refractivity contribution in [2.24, 2.45) is 17.2 Å². The molecule has 2 fully saturated rings. The number of aliphatic hydroxyl groups is 3. The fraction of sp³-hybridized carbons (Fsp3) is 0.840. The third-order valence-corrected chi connectivity index (χ3v) is 7.61. The highest BCUT2D eigenvalue weighted by molar-refractivity contribution is 5.85. The summed E-state index contributed by atoms with van der Waals surface area (Å²) in [4.78, 5) is 22.9. The van der Waals surface area contributed by atoms with Gasteiger partial charge in [-0.15, -0.1) is 0 Å². The summed E-state index contributed by atoms with van der Waals surface area (Å²) in [5.41, 5.74) is 16.9. The van der Waals surface area contributed by atoms with Crippen LogP contribution in [0.25, 0.3) is 0 Å². The predicted octanol–water partition coefficient (Wildman–Crippen LogP) is -4.24. The Labute approximate surface area is 238 Å². The monoisotopic (exact) mass is 590 g/mol. The fourth-order valence-electron chi connectivity index (χ4n) is 5.43. The predicted molar refractivity (Wildman–Crippen MR) is 144 cm³/mol. The largest absolute Gasteiger partial charge is 0.481 e. The molecule has 3 rings (SSSR count). The van der Waals surface area contributed by atoms with E-state index in [2.05, 4.69) is 16.0 Å². The smallest absolute Gasteiger partial charge is 0.305 e. The lowest BCUT2D eigenvalue weighted by molar-refractivity contribution is -0.304. The minimum absolute atomic E-state index is 0.0699. The molecule has 0 aromatic carbocycles. The number of aliphatic hydroxyl groups excluding tert-OH is 2. The van der Waals surface area contributed by atoms with E-state index in [9.17, 15) is 24.9 Å². The summed E-state index contributed by atoms with van der Waals surface area (Å²) in [5.74, 6) is -1.52. The van der Waals surface area contributed by atoms with E-state index in [1.165, 1.54) is 0 Å². The molecule has 13 N–H and O–H groups in total. The number of ether oxygens (including phenoxy) is 4. The molecular formula is C25H46N6O10. The van der Waals surface area contributed by atoms with Crippen molar-refractivity contribution in [1.29, 1.82) is 0 Å². The molecule has 0 bridgehead atoms. The maximum atomic E-state index is 12.1. The number of amides is 1. The van der Waals surface area contributed by atoms with Gasteiger partial charge in [0.2, 0.25) is 12.2 Å². The molecule has 1 aliphatic carbocycles. The van der Waals surface area contributed by atoms with E-state index in [0.29, 0.717) is 25.1 Å². The zero-order valence-corrected chi connectivity index (χ0v) is 23.6. The molecule has 16 nitrogen and oxygen atoms in total. The lowest BCUT2D eigenvalue weighted by atomic mass is 9.83. The van der Waals surface area contributed by atoms with Gasteiger partial charge < -0.3 is 72.5 Å². The van der Waals surface area contributed by atoms with E-state index in [-0.39, 0.29) is 13.2 Å². The van der Waals surface area contributed by atoms with Crippen molar-refractivity contribution < 1.29 is 49.0 Å². The third kappa shape index (κ3) is 8.32. The standard InChI is InChI=1S/C25H46N6O10/c1-4-30-15-7-13(27)19(17(34)20(15)41-24-18(35)21(29-3)25(2,37)10-38-24)40-23-12(26)6-5-11(39-23)9-31-22(36)14(28)8-16(32)33/h5,12-15,17-21,23-24,29-30,34-35,37H,4,6-10,26-28H2,1-3H3,(H,31,36)(H,32,33)/t12-,13+,14+,15-,17+,18-,19-,20+,21-,23-,24-,25+/m1/s1. The van der Waals surface area contributed by atoms with E-state index in [4.69, 9.17) is 41.3 Å². The summed E-state index contributed by atoms with van der Waals surface area (Å²) in [6, 6.07) is -3.62. The minimum atomic E-state index is -1.34. The highest BCUT2D eigenvalue weighted by atomic mass is 16.7. The maximum Gasteiger partial charge on any atom is 0.305 e. The van der Waals surface area contributed by atoms with E-state index in [1.807, 2.05) is 6.92 Å². The van der Waals surface area contributed by atoms with Gasteiger partial charge in [-0.1, -0.05) is 6.92 Å². The van der Waals surface area contributed by atoms with Crippen LogP contribution in [0.5, 0.6) is 0 Å². The average Bonchev–Trinajstić information content (AvgIpc) is 2.89. The van der Waals surface area contributed by atoms with Gasteiger partial charge in [0.25, 0.3) is 0 Å². The molecule has 41 heavy (non-hydrogen) atoms. The highest BCUT2D eigenvalue weighted by Crippen LogP contribution is 2.32. The molecule has 236 valence electrons. The number of carbonyl (C=O) groups excluding carboxylic acids is 1. The first kappa shape index (κ1) is 33.5. The highest BCUT2D eigenvalue weighted by Gasteiger charge is 2.51. The molecular weight excluding hydrogens is 544 g/mol. The molecule has 2 aliphatic heterocycles. The van der Waals surface area contributed by atoms with Crippen molar-refractivity contribution in [2.75, 3.05) is 26.7 Å². The summed E-state index contributed by atoms with van der Waals surface area (Å²) >= 11 is 0. The molecule has 0 spiro atoms. The summed E-state index contributed by atoms with van der Waals surface area (Å²) in [7, 11) is 1.61. The van der Waals surface area contributed by atoms with Crippen molar-refractivity contribution in [3.8, 4) is 0 Å². The summed E-state index contributed by atoms with van der Waals surface area (Å²) in [6.45, 7) is 3.82. The topological polar surface area (TPSA) is 266 Å². The van der Waals surface area contributed by atoms with Gasteiger partial charge in [0.15, 0.2) is 6.29 Å². The van der Waals surface area contributed by atoms with Crippen LogP contribution in [0.2, 0.25) is 0 Å². The summed E-state index contributed by atoms with van der Waals surface area (Å²) in [6.07, 6.45) is -4.76. The van der Waals surface area contributed by atoms with Crippen molar-refractivity contribution >= 4 is 11.9 Å². The first-order chi connectivity index (χ1) is 19.3. The molecule has 0 aromatic heterocycles. The molecule has 1 amide bonds. The van der Waals surface area contributed by atoms with E-state index < -0.39 is 91.1 Å². The number of carboxylic acid groups (broad SMARTS) is 1. The number of aliphatic carboxylic acids is 1. The van der Waals surface area contributed by atoms with Crippen LogP contribution >= 0.6 is 0 Å². The zero-order chi connectivity index (χ0) is 30.5. The van der Waals surface area contributed by atoms with Crippen molar-refractivity contribution in [3.05, 3.63) is 11.8 Å². The number of nitrogens with one attached hydrogen (secondary N) is 3. The first-order valence-corrected chi connectivity index (χ1v) is 13.8. The van der Waals surface area contributed by atoms with Crippen LogP contribution in [0, 0.1) is 0 Å². The second kappa shape index (κ2) is 14.5. The van der Waals surface area contributed by atoms with Gasteiger partial charge in [-0.05, 0) is 39.4 Å². The quantitative estimate of drug-likeness (QED) is 0.103. The molecule has 3 aliphatic rings. The minimum Gasteiger partial charge on any atom is -0.481 e. The van der Waals surface area contributed by atoms with Crippen LogP contribution in [-0.4, -0.2) is 132 Å². The number of rotatable bonds is 12. The Balaban J connectivity index is 1.67. The molecule has 16 heteroatoms. The van der Waals surface area contributed by atoms with E-state index in [1.54, 1.807) is 20.0 Å². The summed E-state index contributed by atoms with van der Waals surface area (Å²) in [5, 5.41) is 50.4. The Hall–Kier alpha value is -1.96. The van der Waals surface area contributed by atoms with Crippen molar-refractivity contribution in [1.82, 2.24) is 16.0 Å². The average molecular weight is 591 g/mol. The van der Waals surface area contributed by atoms with Gasteiger partial charge in [-0.3, -0.25) is 9.59 Å². The van der Waals surface area contributed by atoms with Gasteiger partial charge in [-0.2, -0.15) is 0 Å². The van der Waals surface area contributed by atoms with Gasteiger partial charge in [-0.25, -0.2) is 0 Å². The van der Waals surface area contributed by atoms with E-state index in [0.717, 1.165) is 0 Å². The van der Waals surface area contributed by atoms with Gasteiger partial charge in [0, 0.05) is 12.1 Å². The second-order valence-electron chi connectivity index (χ2n) is 11.0. The number of carboxylic acids is 1. The maximum absolute atomic E-state index is 12.1. The SMILES string of the molecule is CCN[C@@H]1C[C@H](N)[C@@H](O[C@H]2OC(CNC(=O)[C@@H](N)CC(=O)O)=CC[C@H]2N)[C@H](O)[C@H]1O[C@H]1OC[C@](C)(O)[C@H](NC)[C@H]1O. The van der Waals surface area contributed by atoms with E-state index >= 15 is 0 Å². The molecule has 1 saturated carbocycles. The van der Waals surface area contributed by atoms with Crippen LogP contribution in [0.4, 0.5) is 0 Å².